The number of hydrogen-bond donors (Lipinski definition) is 3. The average Bonchev–Trinajstić information content (AvgIpc) is 1.82. The van der Waals surface area contributed by atoms with Gasteiger partial charge in [0.2, 0.25) is 0 Å². The van der Waals surface area contributed by atoms with Gasteiger partial charge in [-0.05, 0) is 0 Å². The second-order valence-electron chi connectivity index (χ2n) is 2.54. The lowest BCUT2D eigenvalue weighted by Gasteiger charge is -2.19. The normalized spacial score (nSPS) is 33.0. The monoisotopic (exact) mass is 141 g/mol. The Bertz CT molecular complexity index is 196. The summed E-state index contributed by atoms with van der Waals surface area (Å²) in [6, 6.07) is 0. The van der Waals surface area contributed by atoms with Crippen molar-refractivity contribution in [2.75, 3.05) is 0 Å². The Morgan fingerprint density at radius 3 is 2.70 bits per heavy atom. The van der Waals surface area contributed by atoms with Crippen LogP contribution in [0.2, 0.25) is 0 Å². The van der Waals surface area contributed by atoms with Crippen LogP contribution in [0.4, 0.5) is 0 Å². The van der Waals surface area contributed by atoms with Crippen LogP contribution in [0.3, 0.4) is 0 Å². The Hall–Kier alpha value is -0.960. The Kier molecular flexibility index (Phi) is 1.68. The highest BCUT2D eigenvalue weighted by atomic mass is 16.3. The SMILES string of the molecule is CC1C=C(N)C=C(O)C1O. The summed E-state index contributed by atoms with van der Waals surface area (Å²) in [5, 5.41) is 18.2. The highest BCUT2D eigenvalue weighted by Gasteiger charge is 2.19. The molecule has 0 saturated carbocycles. The molecule has 0 aromatic rings. The van der Waals surface area contributed by atoms with Gasteiger partial charge in [-0.25, -0.2) is 0 Å². The molecule has 0 aromatic heterocycles. The average molecular weight is 141 g/mol. The van der Waals surface area contributed by atoms with Gasteiger partial charge in [-0.15, -0.1) is 0 Å². The molecule has 3 nitrogen and oxygen atoms in total. The van der Waals surface area contributed by atoms with Crippen LogP contribution in [0.5, 0.6) is 0 Å². The summed E-state index contributed by atoms with van der Waals surface area (Å²) in [4.78, 5) is 0. The van der Waals surface area contributed by atoms with Gasteiger partial charge in [-0.2, -0.15) is 0 Å². The first kappa shape index (κ1) is 7.15. The predicted molar refractivity (Wildman–Crippen MR) is 38.2 cm³/mol. The summed E-state index contributed by atoms with van der Waals surface area (Å²) in [5.41, 5.74) is 5.90. The summed E-state index contributed by atoms with van der Waals surface area (Å²) in [6.07, 6.45) is 2.29. The zero-order chi connectivity index (χ0) is 7.72. The molecule has 0 radical (unpaired) electrons. The maximum atomic E-state index is 9.15. The third kappa shape index (κ3) is 1.14. The van der Waals surface area contributed by atoms with E-state index in [4.69, 9.17) is 15.9 Å². The molecule has 0 amide bonds. The van der Waals surface area contributed by atoms with Gasteiger partial charge in [0, 0.05) is 17.7 Å². The number of nitrogens with two attached hydrogens (primary N) is 1. The van der Waals surface area contributed by atoms with Gasteiger partial charge in [0.25, 0.3) is 0 Å². The van der Waals surface area contributed by atoms with Crippen molar-refractivity contribution >= 4 is 0 Å². The molecular formula is C7H11NO2. The van der Waals surface area contributed by atoms with E-state index in [0.717, 1.165) is 0 Å². The van der Waals surface area contributed by atoms with Crippen molar-refractivity contribution in [3.63, 3.8) is 0 Å². The molecule has 0 fully saturated rings. The smallest absolute Gasteiger partial charge is 0.123 e. The van der Waals surface area contributed by atoms with E-state index in [0.29, 0.717) is 5.70 Å². The Morgan fingerprint density at radius 2 is 2.20 bits per heavy atom. The lowest BCUT2D eigenvalue weighted by atomic mass is 9.97. The second kappa shape index (κ2) is 2.34. The molecule has 56 valence electrons. The maximum absolute atomic E-state index is 9.15. The Labute approximate surface area is 59.5 Å². The standard InChI is InChI=1S/C7H11NO2/c1-4-2-5(8)3-6(9)7(4)10/h2-4,7,9-10H,8H2,1H3. The molecule has 0 heterocycles. The zero-order valence-corrected chi connectivity index (χ0v) is 5.78. The predicted octanol–water partition coefficient (Wildman–Crippen LogP) is 0.282. The van der Waals surface area contributed by atoms with Crippen molar-refractivity contribution < 1.29 is 10.2 Å². The maximum Gasteiger partial charge on any atom is 0.123 e. The quantitative estimate of drug-likeness (QED) is 0.454. The van der Waals surface area contributed by atoms with Crippen molar-refractivity contribution in [3.05, 3.63) is 23.6 Å². The van der Waals surface area contributed by atoms with Gasteiger partial charge in [0.15, 0.2) is 0 Å². The largest absolute Gasteiger partial charge is 0.509 e. The van der Waals surface area contributed by atoms with Crippen molar-refractivity contribution in [3.8, 4) is 0 Å². The van der Waals surface area contributed by atoms with E-state index in [-0.39, 0.29) is 11.7 Å². The Morgan fingerprint density at radius 1 is 1.60 bits per heavy atom. The second-order valence-corrected chi connectivity index (χ2v) is 2.54. The number of aliphatic hydroxyl groups is 2. The van der Waals surface area contributed by atoms with Crippen LogP contribution in [-0.2, 0) is 0 Å². The fourth-order valence-corrected chi connectivity index (χ4v) is 0.968. The fourth-order valence-electron chi connectivity index (χ4n) is 0.968. The van der Waals surface area contributed by atoms with E-state index in [2.05, 4.69) is 0 Å². The fraction of sp³-hybridized carbons (Fsp3) is 0.429. The van der Waals surface area contributed by atoms with Crippen LogP contribution in [0.1, 0.15) is 6.92 Å². The molecule has 1 aliphatic rings. The lowest BCUT2D eigenvalue weighted by molar-refractivity contribution is 0.119. The van der Waals surface area contributed by atoms with E-state index in [9.17, 15) is 0 Å². The highest BCUT2D eigenvalue weighted by Crippen LogP contribution is 2.18. The summed E-state index contributed by atoms with van der Waals surface area (Å²) < 4.78 is 0. The minimum Gasteiger partial charge on any atom is -0.509 e. The molecular weight excluding hydrogens is 130 g/mol. The van der Waals surface area contributed by atoms with Gasteiger partial charge < -0.3 is 15.9 Å². The third-order valence-electron chi connectivity index (χ3n) is 1.57. The first-order valence-corrected chi connectivity index (χ1v) is 3.17. The van der Waals surface area contributed by atoms with Crippen LogP contribution < -0.4 is 5.73 Å². The Balaban J connectivity index is 2.85. The van der Waals surface area contributed by atoms with Gasteiger partial charge >= 0.3 is 0 Å². The molecule has 0 saturated heterocycles. The molecule has 2 unspecified atom stereocenters. The van der Waals surface area contributed by atoms with Crippen molar-refractivity contribution in [2.24, 2.45) is 11.7 Å². The van der Waals surface area contributed by atoms with Gasteiger partial charge in [0.05, 0.1) is 0 Å². The molecule has 0 aromatic carbocycles. The van der Waals surface area contributed by atoms with Crippen molar-refractivity contribution in [1.29, 1.82) is 0 Å². The topological polar surface area (TPSA) is 66.5 Å². The number of allylic oxidation sites excluding steroid dienone is 1. The van der Waals surface area contributed by atoms with Crippen LogP contribution in [0, 0.1) is 5.92 Å². The van der Waals surface area contributed by atoms with E-state index in [1.165, 1.54) is 6.08 Å². The molecule has 0 aliphatic heterocycles. The molecule has 1 aliphatic carbocycles. The molecule has 0 bridgehead atoms. The van der Waals surface area contributed by atoms with E-state index >= 15 is 0 Å². The minimum atomic E-state index is -0.785. The van der Waals surface area contributed by atoms with E-state index in [1.54, 1.807) is 13.0 Å². The van der Waals surface area contributed by atoms with Crippen molar-refractivity contribution in [2.45, 2.75) is 13.0 Å². The van der Waals surface area contributed by atoms with Crippen LogP contribution in [0.15, 0.2) is 23.6 Å². The van der Waals surface area contributed by atoms with Crippen molar-refractivity contribution in [1.82, 2.24) is 0 Å². The molecule has 1 rings (SSSR count). The summed E-state index contributed by atoms with van der Waals surface area (Å²) >= 11 is 0. The first-order chi connectivity index (χ1) is 4.61. The third-order valence-corrected chi connectivity index (χ3v) is 1.57. The molecule has 2 atom stereocenters. The summed E-state index contributed by atoms with van der Waals surface area (Å²) in [7, 11) is 0. The number of hydrogen-bond acceptors (Lipinski definition) is 3. The van der Waals surface area contributed by atoms with Crippen LogP contribution >= 0.6 is 0 Å². The lowest BCUT2D eigenvalue weighted by Crippen LogP contribution is -2.23. The highest BCUT2D eigenvalue weighted by molar-refractivity contribution is 5.26. The van der Waals surface area contributed by atoms with Gasteiger partial charge in [0.1, 0.15) is 11.9 Å². The van der Waals surface area contributed by atoms with Gasteiger partial charge in [-0.1, -0.05) is 13.0 Å². The molecule has 3 heteroatoms. The number of aliphatic hydroxyl groups excluding tert-OH is 2. The van der Waals surface area contributed by atoms with E-state index < -0.39 is 6.10 Å². The van der Waals surface area contributed by atoms with Crippen LogP contribution in [-0.4, -0.2) is 16.3 Å². The van der Waals surface area contributed by atoms with Gasteiger partial charge in [-0.3, -0.25) is 0 Å². The molecule has 10 heavy (non-hydrogen) atoms. The van der Waals surface area contributed by atoms with Crippen LogP contribution in [0.25, 0.3) is 0 Å². The zero-order valence-electron chi connectivity index (χ0n) is 5.78. The first-order valence-electron chi connectivity index (χ1n) is 3.17. The summed E-state index contributed by atoms with van der Waals surface area (Å²) in [5.74, 6) is -0.141. The van der Waals surface area contributed by atoms with E-state index in [1.807, 2.05) is 0 Å². The molecule has 0 spiro atoms. The summed E-state index contributed by atoms with van der Waals surface area (Å²) in [6.45, 7) is 1.79. The number of rotatable bonds is 0. The minimum absolute atomic E-state index is 0.0486. The molecule has 4 N–H and O–H groups in total.